The molecule has 19 heavy (non-hydrogen) atoms. The summed E-state index contributed by atoms with van der Waals surface area (Å²) in [5.41, 5.74) is 0. The number of methoxy groups -OCH3 is 1. The number of hydrogen-bond donors (Lipinski definition) is 0. The highest BCUT2D eigenvalue weighted by Gasteiger charge is 2.12. The topological polar surface area (TPSA) is 43.7 Å². The Morgan fingerprint density at radius 2 is 2.16 bits per heavy atom. The normalized spacial score (nSPS) is 10.8. The smallest absolute Gasteiger partial charge is 0.301 e. The first-order valence-corrected chi connectivity index (χ1v) is 6.82. The largest absolute Gasteiger partial charge is 0.480 e. The fourth-order valence-electron chi connectivity index (χ4n) is 1.01. The number of ether oxygens (including phenoxy) is 1. The van der Waals surface area contributed by atoms with E-state index in [9.17, 15) is 13.2 Å². The van der Waals surface area contributed by atoms with Gasteiger partial charge in [0.2, 0.25) is 5.88 Å². The van der Waals surface area contributed by atoms with Crippen molar-refractivity contribution >= 4 is 29.3 Å². The van der Waals surface area contributed by atoms with Crippen molar-refractivity contribution in [3.63, 3.8) is 0 Å². The molecule has 0 N–H and O–H groups in total. The van der Waals surface area contributed by atoms with Gasteiger partial charge in [-0.15, -0.1) is 11.3 Å². The molecule has 0 aliphatic carbocycles. The average molecular weight is 312 g/mol. The van der Waals surface area contributed by atoms with Crippen molar-refractivity contribution < 1.29 is 22.7 Å². The van der Waals surface area contributed by atoms with Gasteiger partial charge in [-0.3, -0.25) is 0 Å². The van der Waals surface area contributed by atoms with Crippen LogP contribution >= 0.6 is 23.1 Å². The van der Waals surface area contributed by atoms with Crippen molar-refractivity contribution in [2.45, 2.75) is 10.8 Å². The van der Waals surface area contributed by atoms with Crippen LogP contribution in [0.1, 0.15) is 11.3 Å². The summed E-state index contributed by atoms with van der Waals surface area (Å²) in [4.78, 5) is 9.29. The molecule has 9 heteroatoms. The van der Waals surface area contributed by atoms with Gasteiger partial charge in [-0.05, 0) is 0 Å². The van der Waals surface area contributed by atoms with Crippen molar-refractivity contribution in [1.82, 2.24) is 4.98 Å². The Morgan fingerprint density at radius 3 is 2.74 bits per heavy atom. The van der Waals surface area contributed by atoms with Crippen LogP contribution in [0.25, 0.3) is 0 Å². The first-order chi connectivity index (χ1) is 9.08. The van der Waals surface area contributed by atoms with Crippen LogP contribution in [-0.4, -0.2) is 31.2 Å². The molecule has 0 atom stereocenters. The summed E-state index contributed by atoms with van der Waals surface area (Å²) in [6.45, 7) is 0. The lowest BCUT2D eigenvalue weighted by molar-refractivity contribution is 0.215. The van der Waals surface area contributed by atoms with E-state index in [1.54, 1.807) is 0 Å². The molecule has 0 fully saturated rings. The number of hydrogen-bond acceptors (Lipinski definition) is 6. The zero-order valence-electron chi connectivity index (χ0n) is 10.2. The zero-order valence-corrected chi connectivity index (χ0v) is 11.8. The highest BCUT2D eigenvalue weighted by atomic mass is 32.2. The van der Waals surface area contributed by atoms with Gasteiger partial charge in [0.05, 0.1) is 13.3 Å². The molecular formula is C10H11F3N2O2S2. The molecule has 0 amide bonds. The Bertz CT molecular complexity index is 473. The van der Waals surface area contributed by atoms with Gasteiger partial charge in [0.15, 0.2) is 10.2 Å². The molecule has 0 unspecified atom stereocenters. The number of thioether (sulfide) groups is 1. The van der Waals surface area contributed by atoms with Gasteiger partial charge in [0.1, 0.15) is 12.0 Å². The Balaban J connectivity index is 2.62. The quantitative estimate of drug-likeness (QED) is 0.437. The molecule has 1 heterocycles. The van der Waals surface area contributed by atoms with Crippen LogP contribution in [0.3, 0.4) is 0 Å². The fourth-order valence-corrected chi connectivity index (χ4v) is 3.00. The van der Waals surface area contributed by atoms with Crippen molar-refractivity contribution in [3.8, 4) is 5.88 Å². The van der Waals surface area contributed by atoms with E-state index in [-0.39, 0.29) is 12.2 Å². The van der Waals surface area contributed by atoms with Crippen LogP contribution in [-0.2, 0) is 4.84 Å². The summed E-state index contributed by atoms with van der Waals surface area (Å²) >= 11 is 2.42. The molecule has 0 radical (unpaired) electrons. The maximum atomic E-state index is 12.6. The Kier molecular flexibility index (Phi) is 6.71. The zero-order chi connectivity index (χ0) is 14.3. The highest BCUT2D eigenvalue weighted by molar-refractivity contribution is 8.01. The molecule has 1 aromatic rings. The summed E-state index contributed by atoms with van der Waals surface area (Å²) in [6.07, 6.45) is -1.18. The minimum absolute atomic E-state index is 0.167. The van der Waals surface area contributed by atoms with Crippen molar-refractivity contribution in [2.24, 2.45) is 5.16 Å². The van der Waals surface area contributed by atoms with E-state index >= 15 is 0 Å². The van der Waals surface area contributed by atoms with Crippen LogP contribution in [0.4, 0.5) is 13.2 Å². The number of aromatic nitrogens is 1. The maximum absolute atomic E-state index is 12.6. The number of halogens is 3. The molecular weight excluding hydrogens is 301 g/mol. The van der Waals surface area contributed by atoms with Gasteiger partial charge >= 0.3 is 6.08 Å². The third kappa shape index (κ3) is 5.11. The maximum Gasteiger partial charge on any atom is 0.301 e. The third-order valence-electron chi connectivity index (χ3n) is 1.82. The predicted molar refractivity (Wildman–Crippen MR) is 69.0 cm³/mol. The number of rotatable bonds is 7. The third-order valence-corrected chi connectivity index (χ3v) is 3.94. The van der Waals surface area contributed by atoms with E-state index in [0.29, 0.717) is 15.1 Å². The van der Waals surface area contributed by atoms with Crippen LogP contribution < -0.4 is 4.74 Å². The molecule has 0 saturated carbocycles. The molecule has 0 aliphatic rings. The first-order valence-electron chi connectivity index (χ1n) is 5.02. The second-order valence-electron chi connectivity index (χ2n) is 3.03. The van der Waals surface area contributed by atoms with Gasteiger partial charge < -0.3 is 9.57 Å². The van der Waals surface area contributed by atoms with Crippen LogP contribution in [0, 0.1) is 0 Å². The van der Waals surface area contributed by atoms with Crippen molar-refractivity contribution in [1.29, 1.82) is 0 Å². The second-order valence-corrected chi connectivity index (χ2v) is 5.41. The highest BCUT2D eigenvalue weighted by Crippen LogP contribution is 2.31. The summed E-state index contributed by atoms with van der Waals surface area (Å²) in [6, 6.07) is 0. The minimum Gasteiger partial charge on any atom is -0.480 e. The van der Waals surface area contributed by atoms with Crippen molar-refractivity contribution in [3.05, 3.63) is 16.8 Å². The summed E-state index contributed by atoms with van der Waals surface area (Å²) in [5, 5.41) is 3.59. The first kappa shape index (κ1) is 15.8. The number of thiazole rings is 1. The van der Waals surface area contributed by atoms with Crippen LogP contribution in [0.2, 0.25) is 0 Å². The number of oxime groups is 1. The summed E-state index contributed by atoms with van der Waals surface area (Å²) in [5.74, 6) is -0.862. The van der Waals surface area contributed by atoms with E-state index in [1.807, 2.05) is 0 Å². The number of allylic oxidation sites excluding steroid dienone is 1. The van der Waals surface area contributed by atoms with Crippen molar-refractivity contribution in [2.75, 3.05) is 20.0 Å². The van der Waals surface area contributed by atoms with Gasteiger partial charge in [0, 0.05) is 12.2 Å². The van der Waals surface area contributed by atoms with E-state index in [4.69, 9.17) is 4.74 Å². The monoisotopic (exact) mass is 312 g/mol. The Hall–Kier alpha value is -1.22. The van der Waals surface area contributed by atoms with E-state index in [1.165, 1.54) is 43.5 Å². The molecule has 106 valence electrons. The lowest BCUT2D eigenvalue weighted by Gasteiger charge is -1.95. The van der Waals surface area contributed by atoms with Gasteiger partial charge in [-0.25, -0.2) is 4.39 Å². The molecule has 1 aromatic heterocycles. The molecule has 0 bridgehead atoms. The molecule has 1 rings (SSSR count). The molecule has 0 aliphatic heterocycles. The van der Waals surface area contributed by atoms with Gasteiger partial charge in [-0.2, -0.15) is 13.8 Å². The van der Waals surface area contributed by atoms with E-state index in [0.717, 1.165) is 0 Å². The van der Waals surface area contributed by atoms with E-state index in [2.05, 4.69) is 15.0 Å². The lowest BCUT2D eigenvalue weighted by Crippen LogP contribution is -1.87. The summed E-state index contributed by atoms with van der Waals surface area (Å²) < 4.78 is 41.9. The molecule has 0 spiro atoms. The van der Waals surface area contributed by atoms with E-state index < -0.39 is 11.9 Å². The summed E-state index contributed by atoms with van der Waals surface area (Å²) in [7, 11) is 2.86. The standard InChI is InChI=1S/C10H11F3N2O2S2/c1-16-9-7(5-14-17-2)19-10(15-9)18-4-3-6(11)8(12)13/h5H,3-4H2,1-2H3. The molecule has 0 aromatic carbocycles. The van der Waals surface area contributed by atoms with Crippen LogP contribution in [0.5, 0.6) is 5.88 Å². The predicted octanol–water partition coefficient (Wildman–Crippen LogP) is 3.69. The SMILES string of the molecule is CON=Cc1sc(SCCC(F)=C(F)F)nc1OC. The van der Waals surface area contributed by atoms with Crippen LogP contribution in [0.15, 0.2) is 21.4 Å². The second kappa shape index (κ2) is 8.05. The molecule has 4 nitrogen and oxygen atoms in total. The minimum atomic E-state index is -2.27. The van der Waals surface area contributed by atoms with Gasteiger partial charge in [-0.1, -0.05) is 16.9 Å². The number of nitrogens with zero attached hydrogens (tertiary/aromatic N) is 2. The lowest BCUT2D eigenvalue weighted by atomic mass is 10.4. The van der Waals surface area contributed by atoms with Gasteiger partial charge in [0.25, 0.3) is 0 Å². The fraction of sp³-hybridized carbons (Fsp3) is 0.400. The average Bonchev–Trinajstić information content (AvgIpc) is 2.78. The Labute approximate surface area is 116 Å². The molecule has 0 saturated heterocycles. The Morgan fingerprint density at radius 1 is 1.42 bits per heavy atom.